The molecule has 28 heavy (non-hydrogen) atoms. The molecule has 7 heteroatoms. The topological polar surface area (TPSA) is 44.7 Å². The molecule has 0 aliphatic carbocycles. The van der Waals surface area contributed by atoms with Gasteiger partial charge in [0.05, 0.1) is 17.0 Å². The van der Waals surface area contributed by atoms with Crippen LogP contribution >= 0.6 is 0 Å². The van der Waals surface area contributed by atoms with Crippen molar-refractivity contribution in [1.29, 1.82) is 0 Å². The lowest BCUT2D eigenvalue weighted by Gasteiger charge is -2.46. The lowest BCUT2D eigenvalue weighted by Crippen LogP contribution is -2.62. The van der Waals surface area contributed by atoms with Gasteiger partial charge in [0, 0.05) is 14.1 Å². The Kier molecular flexibility index (Phi) is 4.95. The molecule has 1 heterocycles. The van der Waals surface area contributed by atoms with Crippen LogP contribution < -0.4 is 5.32 Å². The summed E-state index contributed by atoms with van der Waals surface area (Å²) in [5, 5.41) is 3.33. The van der Waals surface area contributed by atoms with Crippen LogP contribution in [-0.2, 0) is 16.5 Å². The van der Waals surface area contributed by atoms with Gasteiger partial charge in [0.1, 0.15) is 0 Å². The summed E-state index contributed by atoms with van der Waals surface area (Å²) in [6.45, 7) is 3.83. The molecule has 0 aromatic heterocycles. The molecule has 1 N–H and O–H groups in total. The molecule has 0 radical (unpaired) electrons. The van der Waals surface area contributed by atoms with Gasteiger partial charge in [0.25, 0.3) is 0 Å². The third-order valence-corrected chi connectivity index (χ3v) is 5.24. The van der Waals surface area contributed by atoms with Crippen LogP contribution in [0.2, 0.25) is 0 Å². The number of benzene rings is 2. The van der Waals surface area contributed by atoms with Crippen LogP contribution in [-0.4, -0.2) is 30.9 Å². The number of halogens is 3. The Labute approximate surface area is 162 Å². The Balaban J connectivity index is 2.15. The monoisotopic (exact) mass is 389 g/mol. The highest BCUT2D eigenvalue weighted by Gasteiger charge is 2.48. The molecule has 1 aliphatic rings. The number of guanidine groups is 1. The van der Waals surface area contributed by atoms with Gasteiger partial charge in [-0.25, -0.2) is 0 Å². The quantitative estimate of drug-likeness (QED) is 0.842. The van der Waals surface area contributed by atoms with Crippen LogP contribution in [0.3, 0.4) is 0 Å². The Hall–Kier alpha value is -2.83. The molecule has 1 amide bonds. The van der Waals surface area contributed by atoms with Gasteiger partial charge in [-0.2, -0.15) is 13.2 Å². The molecule has 0 spiro atoms. The zero-order valence-corrected chi connectivity index (χ0v) is 16.1. The lowest BCUT2D eigenvalue weighted by molar-refractivity contribution is -0.137. The van der Waals surface area contributed by atoms with E-state index >= 15 is 0 Å². The van der Waals surface area contributed by atoms with Crippen LogP contribution in [0.15, 0.2) is 53.5 Å². The Bertz CT molecular complexity index is 921. The SMILES string of the molecule is CN=C1N[C@](C)(c2cccc(C)c2)[C@@H](c2ccc(C(F)(F)F)cc2)C(=O)N1C. The molecule has 2 aromatic carbocycles. The Morgan fingerprint density at radius 2 is 1.79 bits per heavy atom. The summed E-state index contributed by atoms with van der Waals surface area (Å²) in [5.41, 5.74) is 0.781. The minimum absolute atomic E-state index is 0.233. The summed E-state index contributed by atoms with van der Waals surface area (Å²) < 4.78 is 38.9. The first-order valence-electron chi connectivity index (χ1n) is 8.85. The summed E-state index contributed by atoms with van der Waals surface area (Å²) in [6.07, 6.45) is -4.42. The van der Waals surface area contributed by atoms with Crippen molar-refractivity contribution in [3.63, 3.8) is 0 Å². The van der Waals surface area contributed by atoms with Crippen molar-refractivity contribution in [2.24, 2.45) is 4.99 Å². The molecule has 0 saturated carbocycles. The largest absolute Gasteiger partial charge is 0.416 e. The van der Waals surface area contributed by atoms with Gasteiger partial charge in [0.15, 0.2) is 0 Å². The van der Waals surface area contributed by atoms with Gasteiger partial charge >= 0.3 is 6.18 Å². The second-order valence-corrected chi connectivity index (χ2v) is 7.19. The van der Waals surface area contributed by atoms with Crippen LogP contribution in [0.5, 0.6) is 0 Å². The zero-order valence-electron chi connectivity index (χ0n) is 16.1. The molecule has 1 aliphatic heterocycles. The highest BCUT2D eigenvalue weighted by Crippen LogP contribution is 2.41. The van der Waals surface area contributed by atoms with Gasteiger partial charge < -0.3 is 5.32 Å². The summed E-state index contributed by atoms with van der Waals surface area (Å²) in [5.74, 6) is -0.535. The molecule has 0 bridgehead atoms. The highest BCUT2D eigenvalue weighted by atomic mass is 19.4. The van der Waals surface area contributed by atoms with Gasteiger partial charge in [-0.1, -0.05) is 42.0 Å². The van der Waals surface area contributed by atoms with E-state index in [2.05, 4.69) is 10.3 Å². The third kappa shape index (κ3) is 3.37. The Morgan fingerprint density at radius 1 is 1.14 bits per heavy atom. The van der Waals surface area contributed by atoms with Gasteiger partial charge in [-0.05, 0) is 37.1 Å². The molecule has 3 rings (SSSR count). The number of aryl methyl sites for hydroxylation is 1. The van der Waals surface area contributed by atoms with E-state index in [9.17, 15) is 18.0 Å². The van der Waals surface area contributed by atoms with Crippen molar-refractivity contribution in [2.75, 3.05) is 14.1 Å². The highest BCUT2D eigenvalue weighted by molar-refractivity contribution is 6.03. The number of hydrogen-bond donors (Lipinski definition) is 1. The summed E-state index contributed by atoms with van der Waals surface area (Å²) in [6, 6.07) is 12.5. The maximum absolute atomic E-state index is 13.2. The number of rotatable bonds is 2. The van der Waals surface area contributed by atoms with Crippen molar-refractivity contribution < 1.29 is 18.0 Å². The molecule has 0 unspecified atom stereocenters. The number of nitrogens with one attached hydrogen (secondary N) is 1. The van der Waals surface area contributed by atoms with Crippen molar-refractivity contribution in [3.05, 3.63) is 70.8 Å². The van der Waals surface area contributed by atoms with Crippen LogP contribution in [0.1, 0.15) is 35.1 Å². The maximum atomic E-state index is 13.2. The standard InChI is InChI=1S/C21H22F3N3O/c1-13-6-5-7-16(12-13)20(2)17(18(28)27(4)19(25-3)26-20)14-8-10-15(11-9-14)21(22,23)24/h5-12,17H,1-4H3,(H,25,26)/t17-,20+/m0/s1. The smallest absolute Gasteiger partial charge is 0.346 e. The third-order valence-electron chi connectivity index (χ3n) is 5.24. The van der Waals surface area contributed by atoms with Crippen molar-refractivity contribution in [1.82, 2.24) is 10.2 Å². The zero-order chi connectivity index (χ0) is 20.7. The van der Waals surface area contributed by atoms with E-state index in [0.29, 0.717) is 11.5 Å². The number of nitrogens with zero attached hydrogens (tertiary/aromatic N) is 2. The van der Waals surface area contributed by atoms with Crippen LogP contribution in [0.25, 0.3) is 0 Å². The fraction of sp³-hybridized carbons (Fsp3) is 0.333. The van der Waals surface area contributed by atoms with E-state index in [4.69, 9.17) is 0 Å². The molecule has 2 atom stereocenters. The summed E-state index contributed by atoms with van der Waals surface area (Å²) in [4.78, 5) is 18.8. The Morgan fingerprint density at radius 3 is 2.32 bits per heavy atom. The fourth-order valence-electron chi connectivity index (χ4n) is 3.69. The second-order valence-electron chi connectivity index (χ2n) is 7.19. The fourth-order valence-corrected chi connectivity index (χ4v) is 3.69. The predicted molar refractivity (Wildman–Crippen MR) is 102 cm³/mol. The van der Waals surface area contributed by atoms with E-state index in [0.717, 1.165) is 23.3 Å². The number of amides is 1. The van der Waals surface area contributed by atoms with E-state index in [-0.39, 0.29) is 5.91 Å². The van der Waals surface area contributed by atoms with E-state index < -0.39 is 23.2 Å². The number of aliphatic imine (C=N–C) groups is 1. The number of carbonyl (C=O) groups is 1. The maximum Gasteiger partial charge on any atom is 0.416 e. The number of alkyl halides is 3. The van der Waals surface area contributed by atoms with Crippen molar-refractivity contribution >= 4 is 11.9 Å². The first kappa shape index (κ1) is 19.9. The van der Waals surface area contributed by atoms with Crippen LogP contribution in [0.4, 0.5) is 13.2 Å². The molecular weight excluding hydrogens is 367 g/mol. The lowest BCUT2D eigenvalue weighted by atomic mass is 9.73. The van der Waals surface area contributed by atoms with Gasteiger partial charge in [-0.3, -0.25) is 14.7 Å². The second kappa shape index (κ2) is 6.96. The van der Waals surface area contributed by atoms with Gasteiger partial charge in [-0.15, -0.1) is 0 Å². The molecule has 148 valence electrons. The van der Waals surface area contributed by atoms with E-state index in [1.165, 1.54) is 17.0 Å². The molecule has 1 saturated heterocycles. The molecule has 4 nitrogen and oxygen atoms in total. The summed E-state index contributed by atoms with van der Waals surface area (Å²) >= 11 is 0. The normalized spacial score (nSPS) is 24.4. The summed E-state index contributed by atoms with van der Waals surface area (Å²) in [7, 11) is 3.19. The first-order valence-corrected chi connectivity index (χ1v) is 8.85. The van der Waals surface area contributed by atoms with Crippen LogP contribution in [0, 0.1) is 6.92 Å². The minimum atomic E-state index is -4.42. The minimum Gasteiger partial charge on any atom is -0.346 e. The number of carbonyl (C=O) groups excluding carboxylic acids is 1. The van der Waals surface area contributed by atoms with Crippen molar-refractivity contribution in [3.8, 4) is 0 Å². The number of likely N-dealkylation sites (N-methyl/N-ethyl adjacent to an activating group) is 1. The average Bonchev–Trinajstić information content (AvgIpc) is 2.64. The molecular formula is C21H22F3N3O. The van der Waals surface area contributed by atoms with Crippen molar-refractivity contribution in [2.45, 2.75) is 31.5 Å². The first-order chi connectivity index (χ1) is 13.1. The molecule has 1 fully saturated rings. The predicted octanol–water partition coefficient (Wildman–Crippen LogP) is 4.06. The number of hydrogen-bond acceptors (Lipinski definition) is 2. The average molecular weight is 389 g/mol. The van der Waals surface area contributed by atoms with E-state index in [1.807, 2.05) is 38.1 Å². The van der Waals surface area contributed by atoms with Gasteiger partial charge in [0.2, 0.25) is 11.9 Å². The molecule has 2 aromatic rings. The van der Waals surface area contributed by atoms with E-state index in [1.54, 1.807) is 14.1 Å².